The Morgan fingerprint density at radius 1 is 1.15 bits per heavy atom. The van der Waals surface area contributed by atoms with Crippen LogP contribution in [0.1, 0.15) is 47.8 Å². The predicted octanol–water partition coefficient (Wildman–Crippen LogP) is 3.61. The number of aliphatic carboxylic acids is 1. The van der Waals surface area contributed by atoms with E-state index in [9.17, 15) is 19.1 Å². The van der Waals surface area contributed by atoms with Gasteiger partial charge in [-0.3, -0.25) is 9.59 Å². The second-order valence-corrected chi connectivity index (χ2v) is 8.78. The van der Waals surface area contributed by atoms with Crippen molar-refractivity contribution in [1.29, 1.82) is 0 Å². The largest absolute Gasteiger partial charge is 0.480 e. The van der Waals surface area contributed by atoms with Crippen LogP contribution < -0.4 is 11.1 Å². The fourth-order valence-electron chi connectivity index (χ4n) is 5.26. The Kier molecular flexibility index (Phi) is 5.20. The van der Waals surface area contributed by atoms with E-state index in [1.807, 2.05) is 24.3 Å². The molecule has 1 aliphatic carbocycles. The molecule has 0 bridgehead atoms. The van der Waals surface area contributed by atoms with Crippen molar-refractivity contribution in [3.8, 4) is 11.5 Å². The van der Waals surface area contributed by atoms with Gasteiger partial charge in [-0.25, -0.2) is 4.39 Å². The fourth-order valence-corrected chi connectivity index (χ4v) is 5.26. The lowest BCUT2D eigenvalue weighted by Gasteiger charge is -2.44. The third-order valence-electron chi connectivity index (χ3n) is 6.80. The lowest BCUT2D eigenvalue weighted by atomic mass is 9.66. The van der Waals surface area contributed by atoms with E-state index in [0.717, 1.165) is 30.5 Å². The number of nitrogens with zero attached hydrogens (tertiary/aromatic N) is 2. The maximum Gasteiger partial charge on any atom is 0.324 e. The average molecular weight is 450 g/mol. The minimum atomic E-state index is -1.85. The van der Waals surface area contributed by atoms with Gasteiger partial charge in [0.1, 0.15) is 11.4 Å². The molecule has 4 N–H and O–H groups in total. The van der Waals surface area contributed by atoms with Gasteiger partial charge in [0.25, 0.3) is 5.89 Å². The van der Waals surface area contributed by atoms with Crippen molar-refractivity contribution in [2.45, 2.75) is 43.2 Å². The highest BCUT2D eigenvalue weighted by molar-refractivity contribution is 5.97. The van der Waals surface area contributed by atoms with Crippen LogP contribution in [-0.2, 0) is 4.79 Å². The molecule has 1 fully saturated rings. The lowest BCUT2D eigenvalue weighted by molar-refractivity contribution is -0.145. The van der Waals surface area contributed by atoms with E-state index in [1.165, 1.54) is 24.3 Å². The Bertz CT molecular complexity index is 1210. The monoisotopic (exact) mass is 450 g/mol. The molecule has 3 aromatic rings. The summed E-state index contributed by atoms with van der Waals surface area (Å²) in [6.45, 7) is 0. The van der Waals surface area contributed by atoms with Crippen molar-refractivity contribution < 1.29 is 23.5 Å². The van der Waals surface area contributed by atoms with Gasteiger partial charge in [0, 0.05) is 29.6 Å². The highest BCUT2D eigenvalue weighted by Gasteiger charge is 2.53. The number of hydrogen-bond donors (Lipinski definition) is 3. The van der Waals surface area contributed by atoms with Gasteiger partial charge in [0.05, 0.1) is 0 Å². The van der Waals surface area contributed by atoms with Crippen molar-refractivity contribution in [3.63, 3.8) is 0 Å². The molecule has 170 valence electrons. The molecule has 2 aliphatic rings. The molecule has 2 aromatic carbocycles. The molecule has 4 atom stereocenters. The molecule has 33 heavy (non-hydrogen) atoms. The van der Waals surface area contributed by atoms with Gasteiger partial charge in [-0.1, -0.05) is 24.6 Å². The molecule has 1 aromatic heterocycles. The minimum absolute atomic E-state index is 0.00809. The van der Waals surface area contributed by atoms with E-state index in [1.54, 1.807) is 0 Å². The maximum atomic E-state index is 13.2. The molecule has 0 spiro atoms. The fraction of sp³-hybridized carbons (Fsp3) is 0.333. The summed E-state index contributed by atoms with van der Waals surface area (Å²) >= 11 is 0. The first kappa shape index (κ1) is 21.3. The molecule has 2 heterocycles. The van der Waals surface area contributed by atoms with Crippen molar-refractivity contribution >= 4 is 17.4 Å². The molecule has 1 saturated carbocycles. The molecular formula is C24H23FN4O4. The number of carboxylic acids is 1. The second-order valence-electron chi connectivity index (χ2n) is 8.78. The number of ketones is 1. The molecule has 5 rings (SSSR count). The van der Waals surface area contributed by atoms with Gasteiger partial charge in [-0.2, -0.15) is 0 Å². The molecule has 8 nitrogen and oxygen atoms in total. The number of para-hydroxylation sites is 1. The number of Topliss-reactive ketones (excluding diaryl/α,β-unsaturated/α-hetero) is 1. The SMILES string of the molecule is NC(CC(=O)c1nnc(-c2ccc(F)cc2)o1)(C(=O)O)C1c2ccccc2N[C@@H]2CCC[C@H]12. The second kappa shape index (κ2) is 8.08. The van der Waals surface area contributed by atoms with Gasteiger partial charge >= 0.3 is 5.97 Å². The van der Waals surface area contributed by atoms with Crippen LogP contribution in [0.15, 0.2) is 52.9 Å². The summed E-state index contributed by atoms with van der Waals surface area (Å²) in [6, 6.07) is 13.0. The zero-order valence-electron chi connectivity index (χ0n) is 17.7. The number of hydrogen-bond acceptors (Lipinski definition) is 7. The molecule has 1 aliphatic heterocycles. The molecule has 0 radical (unpaired) electrons. The third-order valence-corrected chi connectivity index (χ3v) is 6.80. The number of rotatable bonds is 6. The smallest absolute Gasteiger partial charge is 0.324 e. The number of nitrogens with one attached hydrogen (secondary N) is 1. The number of carboxylic acid groups (broad SMARTS) is 1. The number of benzene rings is 2. The summed E-state index contributed by atoms with van der Waals surface area (Å²) < 4.78 is 18.7. The van der Waals surface area contributed by atoms with Crippen molar-refractivity contribution in [2.24, 2.45) is 11.7 Å². The van der Waals surface area contributed by atoms with E-state index in [4.69, 9.17) is 10.2 Å². The molecule has 0 saturated heterocycles. The van der Waals surface area contributed by atoms with E-state index >= 15 is 0 Å². The van der Waals surface area contributed by atoms with Crippen LogP contribution in [-0.4, -0.2) is 38.6 Å². The molecule has 2 unspecified atom stereocenters. The Morgan fingerprint density at radius 2 is 1.91 bits per heavy atom. The summed E-state index contributed by atoms with van der Waals surface area (Å²) in [5.41, 5.74) is 6.83. The van der Waals surface area contributed by atoms with Crippen molar-refractivity contribution in [1.82, 2.24) is 10.2 Å². The molecule has 9 heteroatoms. The summed E-state index contributed by atoms with van der Waals surface area (Å²) in [6.07, 6.45) is 2.22. The standard InChI is InChI=1S/C24H23FN4O4/c25-14-10-8-13(9-11-14)21-28-29-22(33-21)19(30)12-24(26,23(31)32)20-15-4-1-2-6-17(15)27-18-7-3-5-16(18)20/h1-2,4,6,8-11,16,18,20,27H,3,5,7,12,26H2,(H,31,32)/t16-,18+,20?,24?/m0/s1. The lowest BCUT2D eigenvalue weighted by Crippen LogP contribution is -2.58. The molecule has 0 amide bonds. The first-order chi connectivity index (χ1) is 15.9. The summed E-state index contributed by atoms with van der Waals surface area (Å²) in [5, 5.41) is 21.4. The molecular weight excluding hydrogens is 427 g/mol. The number of anilines is 1. The zero-order chi connectivity index (χ0) is 23.2. The zero-order valence-corrected chi connectivity index (χ0v) is 17.7. The number of nitrogens with two attached hydrogens (primary N) is 1. The van der Waals surface area contributed by atoms with Gasteiger partial charge in [0.15, 0.2) is 0 Å². The average Bonchev–Trinajstić information content (AvgIpc) is 3.47. The van der Waals surface area contributed by atoms with Crippen LogP contribution >= 0.6 is 0 Å². The van der Waals surface area contributed by atoms with E-state index < -0.39 is 35.4 Å². The van der Waals surface area contributed by atoms with Crippen LogP contribution in [0.25, 0.3) is 11.5 Å². The number of halogens is 1. The van der Waals surface area contributed by atoms with Gasteiger partial charge in [0.2, 0.25) is 11.7 Å². The normalized spacial score (nSPS) is 23.2. The van der Waals surface area contributed by atoms with E-state index in [2.05, 4.69) is 15.5 Å². The van der Waals surface area contributed by atoms with E-state index in [0.29, 0.717) is 5.56 Å². The Labute approximate surface area is 189 Å². The first-order valence-corrected chi connectivity index (χ1v) is 10.9. The summed E-state index contributed by atoms with van der Waals surface area (Å²) in [5.74, 6) is -3.16. The van der Waals surface area contributed by atoms with Crippen LogP contribution in [0.2, 0.25) is 0 Å². The number of carbonyl (C=O) groups excluding carboxylic acids is 1. The number of carbonyl (C=O) groups is 2. The van der Waals surface area contributed by atoms with Crippen LogP contribution in [0, 0.1) is 11.7 Å². The van der Waals surface area contributed by atoms with Crippen molar-refractivity contribution in [2.75, 3.05) is 5.32 Å². The van der Waals surface area contributed by atoms with Crippen molar-refractivity contribution in [3.05, 3.63) is 65.8 Å². The van der Waals surface area contributed by atoms with Gasteiger partial charge in [-0.05, 0) is 54.7 Å². The number of fused-ring (bicyclic) bond motifs is 2. The third kappa shape index (κ3) is 3.68. The van der Waals surface area contributed by atoms with Gasteiger partial charge < -0.3 is 20.6 Å². The Balaban J connectivity index is 1.47. The number of aromatic nitrogens is 2. The Morgan fingerprint density at radius 3 is 2.67 bits per heavy atom. The van der Waals surface area contributed by atoms with Gasteiger partial charge in [-0.15, -0.1) is 10.2 Å². The topological polar surface area (TPSA) is 131 Å². The summed E-state index contributed by atoms with van der Waals surface area (Å²) in [7, 11) is 0. The first-order valence-electron chi connectivity index (χ1n) is 10.9. The maximum absolute atomic E-state index is 13.2. The Hall–Kier alpha value is -3.59. The van der Waals surface area contributed by atoms with Crippen LogP contribution in [0.5, 0.6) is 0 Å². The highest BCUT2D eigenvalue weighted by Crippen LogP contribution is 2.50. The predicted molar refractivity (Wildman–Crippen MR) is 117 cm³/mol. The minimum Gasteiger partial charge on any atom is -0.480 e. The van der Waals surface area contributed by atoms with Crippen LogP contribution in [0.3, 0.4) is 0 Å². The summed E-state index contributed by atoms with van der Waals surface area (Å²) in [4.78, 5) is 25.6. The van der Waals surface area contributed by atoms with Crippen LogP contribution in [0.4, 0.5) is 10.1 Å². The quantitative estimate of drug-likeness (QED) is 0.486. The highest BCUT2D eigenvalue weighted by atomic mass is 19.1. The van der Waals surface area contributed by atoms with E-state index in [-0.39, 0.29) is 23.7 Å².